The summed E-state index contributed by atoms with van der Waals surface area (Å²) in [6.45, 7) is 1.99. The van der Waals surface area contributed by atoms with Crippen molar-refractivity contribution in [2.45, 2.75) is 30.6 Å². The van der Waals surface area contributed by atoms with E-state index in [9.17, 15) is 9.90 Å². The second-order valence-electron chi connectivity index (χ2n) is 7.64. The minimum atomic E-state index is -0.576. The highest BCUT2D eigenvalue weighted by atomic mass is 35.5. The number of phenols is 1. The molecule has 168 valence electrons. The average Bonchev–Trinajstić information content (AvgIpc) is 3.22. The van der Waals surface area contributed by atoms with Gasteiger partial charge in [-0.1, -0.05) is 61.3 Å². The molecule has 3 aromatic carbocycles. The lowest BCUT2D eigenvalue weighted by Gasteiger charge is -2.17. The van der Waals surface area contributed by atoms with Crippen molar-refractivity contribution in [3.8, 4) is 28.5 Å². The van der Waals surface area contributed by atoms with E-state index < -0.39 is 5.92 Å². The van der Waals surface area contributed by atoms with Gasteiger partial charge in [0, 0.05) is 26.6 Å². The fraction of sp³-hybridized carbons (Fsp3) is 0.154. The average molecular weight is 479 g/mol. The van der Waals surface area contributed by atoms with Gasteiger partial charge in [0.1, 0.15) is 11.4 Å². The molecule has 0 aliphatic carbocycles. The molecule has 1 heterocycles. The van der Waals surface area contributed by atoms with Gasteiger partial charge < -0.3 is 9.52 Å². The molecule has 0 spiro atoms. The van der Waals surface area contributed by atoms with E-state index in [2.05, 4.69) is 22.9 Å². The number of carbonyl (C=O) groups is 1. The number of rotatable bonds is 7. The third-order valence-electron chi connectivity index (χ3n) is 5.29. The smallest absolute Gasteiger partial charge is 0.234 e. The molecule has 0 saturated heterocycles. The Morgan fingerprint density at radius 2 is 1.82 bits per heavy atom. The Balaban J connectivity index is 1.72. The Labute approximate surface area is 202 Å². The fourth-order valence-corrected chi connectivity index (χ4v) is 3.97. The van der Waals surface area contributed by atoms with Crippen LogP contribution in [0.2, 0.25) is 5.02 Å². The molecule has 0 aliphatic heterocycles. The predicted octanol–water partition coefficient (Wildman–Crippen LogP) is 7.18. The lowest BCUT2D eigenvalue weighted by Crippen LogP contribution is -2.21. The minimum Gasteiger partial charge on any atom is -0.508 e. The molecule has 0 fully saturated rings. The van der Waals surface area contributed by atoms with E-state index in [1.807, 2.05) is 61.5 Å². The van der Waals surface area contributed by atoms with Crippen LogP contribution in [-0.4, -0.2) is 16.0 Å². The monoisotopic (exact) mass is 478 g/mol. The molecule has 1 atom stereocenters. The first-order valence-corrected chi connectivity index (χ1v) is 11.4. The highest BCUT2D eigenvalue weighted by molar-refractivity contribution is 7.80. The van der Waals surface area contributed by atoms with Crippen LogP contribution in [0.15, 0.2) is 82.1 Å². The van der Waals surface area contributed by atoms with Crippen molar-refractivity contribution in [2.24, 2.45) is 0 Å². The molecule has 0 radical (unpaired) electrons. The Hall–Kier alpha value is -3.22. The highest BCUT2D eigenvalue weighted by Crippen LogP contribution is 2.36. The van der Waals surface area contributed by atoms with Gasteiger partial charge >= 0.3 is 0 Å². The number of halogens is 1. The summed E-state index contributed by atoms with van der Waals surface area (Å²) in [5.74, 6) is -0.234. The van der Waals surface area contributed by atoms with Crippen LogP contribution in [0.25, 0.3) is 22.7 Å². The summed E-state index contributed by atoms with van der Waals surface area (Å²) < 4.78 is 6.03. The van der Waals surface area contributed by atoms with Gasteiger partial charge in [-0.05, 0) is 42.8 Å². The molecule has 7 heteroatoms. The van der Waals surface area contributed by atoms with Gasteiger partial charge in [0.05, 0.1) is 5.92 Å². The molecular formula is C26H23ClN2O3S. The van der Waals surface area contributed by atoms with Crippen molar-refractivity contribution in [1.82, 2.24) is 4.98 Å². The fourth-order valence-electron chi connectivity index (χ4n) is 3.65. The Bertz CT molecular complexity index is 1260. The molecule has 33 heavy (non-hydrogen) atoms. The zero-order valence-corrected chi connectivity index (χ0v) is 19.6. The maximum atomic E-state index is 13.4. The lowest BCUT2D eigenvalue weighted by atomic mass is 9.92. The maximum Gasteiger partial charge on any atom is 0.234 e. The van der Waals surface area contributed by atoms with Gasteiger partial charge in [-0.25, -0.2) is 4.98 Å². The summed E-state index contributed by atoms with van der Waals surface area (Å²) in [6, 6.07) is 21.7. The van der Waals surface area contributed by atoms with Gasteiger partial charge in [-0.15, -0.1) is 12.6 Å². The van der Waals surface area contributed by atoms with Gasteiger partial charge in [-0.2, -0.15) is 0 Å². The number of carbonyl (C=O) groups excluding carboxylic acids is 1. The van der Waals surface area contributed by atoms with Crippen molar-refractivity contribution in [3.05, 3.63) is 83.4 Å². The Morgan fingerprint density at radius 1 is 1.09 bits per heavy atom. The number of anilines is 1. The number of aromatic hydroxyl groups is 1. The zero-order valence-electron chi connectivity index (χ0n) is 18.0. The molecule has 1 unspecified atom stereocenters. The van der Waals surface area contributed by atoms with Crippen molar-refractivity contribution in [3.63, 3.8) is 0 Å². The first-order valence-electron chi connectivity index (χ1n) is 10.6. The molecule has 5 nitrogen and oxygen atoms in total. The second kappa shape index (κ2) is 10.1. The topological polar surface area (TPSA) is 75.4 Å². The van der Waals surface area contributed by atoms with E-state index in [0.717, 1.165) is 22.4 Å². The summed E-state index contributed by atoms with van der Waals surface area (Å²) in [7, 11) is 0. The highest BCUT2D eigenvalue weighted by Gasteiger charge is 2.26. The van der Waals surface area contributed by atoms with Crippen LogP contribution in [0.5, 0.6) is 5.75 Å². The van der Waals surface area contributed by atoms with Crippen LogP contribution >= 0.6 is 24.2 Å². The van der Waals surface area contributed by atoms with Gasteiger partial charge in [0.15, 0.2) is 0 Å². The van der Waals surface area contributed by atoms with Crippen LogP contribution in [0.4, 0.5) is 5.88 Å². The molecule has 1 aromatic heterocycles. The van der Waals surface area contributed by atoms with E-state index in [1.165, 1.54) is 6.07 Å². The number of hydrogen-bond acceptors (Lipinski definition) is 5. The van der Waals surface area contributed by atoms with E-state index >= 15 is 0 Å². The summed E-state index contributed by atoms with van der Waals surface area (Å²) >= 11 is 10.3. The number of benzene rings is 3. The maximum absolute atomic E-state index is 13.4. The van der Waals surface area contributed by atoms with Gasteiger partial charge in [0.2, 0.25) is 17.7 Å². The third kappa shape index (κ3) is 5.24. The Kier molecular flexibility index (Phi) is 7.06. The van der Waals surface area contributed by atoms with Crippen LogP contribution in [0.1, 0.15) is 31.2 Å². The molecule has 4 rings (SSSR count). The standard InChI is InChI=1S/C26H23ClN2O3S/c1-2-6-21(20-14-11-18(27)15-22(20)30)24(31)29-26-23(16-7-4-3-5-8-16)28-25(32-26)17-9-12-19(33)13-10-17/h3-5,7-15,21,30,33H,2,6H2,1H3,(H,29,31). The van der Waals surface area contributed by atoms with Gasteiger partial charge in [0.25, 0.3) is 0 Å². The number of thiol groups is 1. The zero-order chi connectivity index (χ0) is 23.4. The first-order chi connectivity index (χ1) is 16.0. The summed E-state index contributed by atoms with van der Waals surface area (Å²) in [5.41, 5.74) is 2.63. The van der Waals surface area contributed by atoms with Crippen molar-refractivity contribution < 1.29 is 14.3 Å². The molecule has 2 N–H and O–H groups in total. The molecule has 0 bridgehead atoms. The van der Waals surface area contributed by atoms with E-state index in [1.54, 1.807) is 12.1 Å². The number of nitrogens with zero attached hydrogens (tertiary/aromatic N) is 1. The minimum absolute atomic E-state index is 0.00973. The van der Waals surface area contributed by atoms with Gasteiger partial charge in [-0.3, -0.25) is 10.1 Å². The number of nitrogens with one attached hydrogen (secondary N) is 1. The largest absolute Gasteiger partial charge is 0.508 e. The number of phenolic OH excluding ortho intramolecular Hbond substituents is 1. The first kappa shape index (κ1) is 23.0. The van der Waals surface area contributed by atoms with Crippen molar-refractivity contribution >= 4 is 36.0 Å². The predicted molar refractivity (Wildman–Crippen MR) is 134 cm³/mol. The summed E-state index contributed by atoms with van der Waals surface area (Å²) in [5, 5.41) is 13.7. The third-order valence-corrected chi connectivity index (χ3v) is 5.82. The number of oxazole rings is 1. The van der Waals surface area contributed by atoms with E-state index in [-0.39, 0.29) is 17.5 Å². The van der Waals surface area contributed by atoms with E-state index in [0.29, 0.717) is 28.6 Å². The number of aromatic nitrogens is 1. The molecular weight excluding hydrogens is 456 g/mol. The Morgan fingerprint density at radius 3 is 2.48 bits per heavy atom. The van der Waals surface area contributed by atoms with E-state index in [4.69, 9.17) is 16.0 Å². The molecule has 4 aromatic rings. The van der Waals surface area contributed by atoms with Crippen LogP contribution in [-0.2, 0) is 4.79 Å². The number of hydrogen-bond donors (Lipinski definition) is 3. The summed E-state index contributed by atoms with van der Waals surface area (Å²) in [4.78, 5) is 18.9. The van der Waals surface area contributed by atoms with Crippen LogP contribution < -0.4 is 5.32 Å². The molecule has 1 amide bonds. The SMILES string of the molecule is CCCC(C(=O)Nc1oc(-c2ccc(S)cc2)nc1-c1ccccc1)c1ccc(Cl)cc1O. The normalized spacial score (nSPS) is 11.8. The van der Waals surface area contributed by atoms with Crippen molar-refractivity contribution in [1.29, 1.82) is 0 Å². The lowest BCUT2D eigenvalue weighted by molar-refractivity contribution is -0.117. The van der Waals surface area contributed by atoms with Crippen molar-refractivity contribution in [2.75, 3.05) is 5.32 Å². The molecule has 0 aliphatic rings. The van der Waals surface area contributed by atoms with Crippen LogP contribution in [0, 0.1) is 0 Å². The quantitative estimate of drug-likeness (QED) is 0.246. The summed E-state index contributed by atoms with van der Waals surface area (Å²) in [6.07, 6.45) is 1.30. The second-order valence-corrected chi connectivity index (χ2v) is 8.60. The number of amides is 1. The van der Waals surface area contributed by atoms with Crippen LogP contribution in [0.3, 0.4) is 0 Å². The molecule has 0 saturated carbocycles.